The minimum absolute atomic E-state index is 0.000450. The van der Waals surface area contributed by atoms with Crippen LogP contribution in [-0.4, -0.2) is 61.5 Å². The topological polar surface area (TPSA) is 59.1 Å². The van der Waals surface area contributed by atoms with Gasteiger partial charge in [-0.05, 0) is 24.3 Å². The first kappa shape index (κ1) is 18.1. The Kier molecular flexibility index (Phi) is 5.70. The van der Waals surface area contributed by atoms with E-state index in [1.165, 1.54) is 0 Å². The maximum atomic E-state index is 12.2. The molecule has 0 spiro atoms. The molecule has 6 nitrogen and oxygen atoms in total. The third-order valence-corrected chi connectivity index (χ3v) is 3.98. The molecule has 2 rings (SSSR count). The number of rotatable bonds is 4. The summed E-state index contributed by atoms with van der Waals surface area (Å²) in [6.07, 6.45) is 0. The summed E-state index contributed by atoms with van der Waals surface area (Å²) in [5, 5.41) is 0. The first-order chi connectivity index (χ1) is 11.3. The molecule has 0 aliphatic carbocycles. The third kappa shape index (κ3) is 4.63. The minimum atomic E-state index is -0.385. The zero-order chi connectivity index (χ0) is 17.7. The molecule has 1 aliphatic rings. The molecule has 0 radical (unpaired) electrons. The fourth-order valence-electron chi connectivity index (χ4n) is 2.54. The van der Waals surface area contributed by atoms with Gasteiger partial charge in [0.05, 0.1) is 7.11 Å². The quantitative estimate of drug-likeness (QED) is 0.842. The second kappa shape index (κ2) is 7.55. The molecule has 1 aromatic rings. The summed E-state index contributed by atoms with van der Waals surface area (Å²) in [5.41, 5.74) is -0.385. The summed E-state index contributed by atoms with van der Waals surface area (Å²) in [7, 11) is 1.60. The number of hydrogen-bond acceptors (Lipinski definition) is 4. The van der Waals surface area contributed by atoms with E-state index in [1.54, 1.807) is 36.3 Å². The molecular formula is C18H26N2O4. The zero-order valence-corrected chi connectivity index (χ0v) is 14.9. The van der Waals surface area contributed by atoms with Crippen molar-refractivity contribution < 1.29 is 19.1 Å². The van der Waals surface area contributed by atoms with Gasteiger partial charge in [-0.3, -0.25) is 9.59 Å². The van der Waals surface area contributed by atoms with Crippen LogP contribution in [0.15, 0.2) is 24.3 Å². The molecule has 0 unspecified atom stereocenters. The van der Waals surface area contributed by atoms with Crippen LogP contribution in [0.1, 0.15) is 20.8 Å². The lowest BCUT2D eigenvalue weighted by Crippen LogP contribution is -2.53. The summed E-state index contributed by atoms with van der Waals surface area (Å²) in [5.74, 6) is 1.44. The number of hydrogen-bond donors (Lipinski definition) is 0. The van der Waals surface area contributed by atoms with Gasteiger partial charge in [-0.25, -0.2) is 0 Å². The van der Waals surface area contributed by atoms with Gasteiger partial charge in [0.15, 0.2) is 6.61 Å². The van der Waals surface area contributed by atoms with E-state index in [9.17, 15) is 9.59 Å². The van der Waals surface area contributed by atoms with Crippen LogP contribution in [0.2, 0.25) is 0 Å². The largest absolute Gasteiger partial charge is 0.497 e. The number of nitrogens with zero attached hydrogens (tertiary/aromatic N) is 2. The standard InChI is InChI=1S/C18H26N2O4/c1-18(2,3)17(22)20-11-9-19(10-12-20)16(21)13-24-15-7-5-14(23-4)6-8-15/h5-8H,9-13H2,1-4H3. The first-order valence-corrected chi connectivity index (χ1v) is 8.15. The van der Waals surface area contributed by atoms with Crippen LogP contribution in [0, 0.1) is 5.41 Å². The Bertz CT molecular complexity index is 570. The highest BCUT2D eigenvalue weighted by Crippen LogP contribution is 2.19. The normalized spacial score (nSPS) is 15.2. The second-order valence-corrected chi connectivity index (χ2v) is 6.89. The lowest BCUT2D eigenvalue weighted by atomic mass is 9.94. The highest BCUT2D eigenvalue weighted by molar-refractivity contribution is 5.82. The molecule has 1 aliphatic heterocycles. The van der Waals surface area contributed by atoms with Gasteiger partial charge in [0.25, 0.3) is 5.91 Å². The lowest BCUT2D eigenvalue weighted by molar-refractivity contribution is -0.145. The molecule has 6 heteroatoms. The molecular weight excluding hydrogens is 308 g/mol. The Morgan fingerprint density at radius 1 is 0.958 bits per heavy atom. The van der Waals surface area contributed by atoms with Crippen molar-refractivity contribution in [3.05, 3.63) is 24.3 Å². The van der Waals surface area contributed by atoms with Gasteiger partial charge in [-0.1, -0.05) is 20.8 Å². The minimum Gasteiger partial charge on any atom is -0.497 e. The smallest absolute Gasteiger partial charge is 0.260 e. The summed E-state index contributed by atoms with van der Waals surface area (Å²) in [6, 6.07) is 7.12. The van der Waals surface area contributed by atoms with Crippen LogP contribution in [-0.2, 0) is 9.59 Å². The molecule has 1 heterocycles. The van der Waals surface area contributed by atoms with Gasteiger partial charge in [-0.15, -0.1) is 0 Å². The van der Waals surface area contributed by atoms with Gasteiger partial charge in [0.2, 0.25) is 5.91 Å². The average Bonchev–Trinajstić information content (AvgIpc) is 2.58. The molecule has 1 aromatic carbocycles. The Hall–Kier alpha value is -2.24. The van der Waals surface area contributed by atoms with Crippen molar-refractivity contribution >= 4 is 11.8 Å². The SMILES string of the molecule is COc1ccc(OCC(=O)N2CCN(C(=O)C(C)(C)C)CC2)cc1. The summed E-state index contributed by atoms with van der Waals surface area (Å²) < 4.78 is 10.6. The van der Waals surface area contributed by atoms with Gasteiger partial charge >= 0.3 is 0 Å². The molecule has 1 fully saturated rings. The van der Waals surface area contributed by atoms with Crippen LogP contribution < -0.4 is 9.47 Å². The van der Waals surface area contributed by atoms with Crippen molar-refractivity contribution in [1.29, 1.82) is 0 Å². The molecule has 0 saturated carbocycles. The number of benzene rings is 1. The average molecular weight is 334 g/mol. The third-order valence-electron chi connectivity index (χ3n) is 3.98. The van der Waals surface area contributed by atoms with Gasteiger partial charge in [-0.2, -0.15) is 0 Å². The van der Waals surface area contributed by atoms with E-state index in [4.69, 9.17) is 9.47 Å². The summed E-state index contributed by atoms with van der Waals surface area (Å²) >= 11 is 0. The van der Waals surface area contributed by atoms with E-state index in [0.717, 1.165) is 5.75 Å². The highest BCUT2D eigenvalue weighted by atomic mass is 16.5. The van der Waals surface area contributed by atoms with E-state index in [0.29, 0.717) is 31.9 Å². The molecule has 24 heavy (non-hydrogen) atoms. The van der Waals surface area contributed by atoms with E-state index in [-0.39, 0.29) is 23.8 Å². The maximum Gasteiger partial charge on any atom is 0.260 e. The predicted molar refractivity (Wildman–Crippen MR) is 91.1 cm³/mol. The van der Waals surface area contributed by atoms with Crippen molar-refractivity contribution in [2.75, 3.05) is 39.9 Å². The van der Waals surface area contributed by atoms with E-state index >= 15 is 0 Å². The Morgan fingerprint density at radius 3 is 1.96 bits per heavy atom. The summed E-state index contributed by atoms with van der Waals surface area (Å²) in [6.45, 7) is 7.98. The van der Waals surface area contributed by atoms with Crippen molar-refractivity contribution in [2.45, 2.75) is 20.8 Å². The highest BCUT2D eigenvalue weighted by Gasteiger charge is 2.30. The molecule has 1 saturated heterocycles. The van der Waals surface area contributed by atoms with Crippen molar-refractivity contribution in [3.63, 3.8) is 0 Å². The fourth-order valence-corrected chi connectivity index (χ4v) is 2.54. The van der Waals surface area contributed by atoms with E-state index < -0.39 is 0 Å². The van der Waals surface area contributed by atoms with Crippen molar-refractivity contribution in [3.8, 4) is 11.5 Å². The number of carbonyl (C=O) groups is 2. The molecule has 0 bridgehead atoms. The van der Waals surface area contributed by atoms with Crippen LogP contribution in [0.5, 0.6) is 11.5 Å². The van der Waals surface area contributed by atoms with Crippen LogP contribution in [0.4, 0.5) is 0 Å². The number of carbonyl (C=O) groups excluding carboxylic acids is 2. The molecule has 0 aromatic heterocycles. The van der Waals surface area contributed by atoms with Crippen LogP contribution in [0.3, 0.4) is 0 Å². The van der Waals surface area contributed by atoms with Crippen LogP contribution in [0.25, 0.3) is 0 Å². The predicted octanol–water partition coefficient (Wildman–Crippen LogP) is 1.79. The van der Waals surface area contributed by atoms with Gasteiger partial charge in [0.1, 0.15) is 11.5 Å². The lowest BCUT2D eigenvalue weighted by Gasteiger charge is -2.37. The number of ether oxygens (including phenoxy) is 2. The number of piperazine rings is 1. The van der Waals surface area contributed by atoms with E-state index in [2.05, 4.69) is 0 Å². The number of methoxy groups -OCH3 is 1. The zero-order valence-electron chi connectivity index (χ0n) is 14.9. The molecule has 0 N–H and O–H groups in total. The number of amides is 2. The summed E-state index contributed by atoms with van der Waals surface area (Å²) in [4.78, 5) is 28.1. The van der Waals surface area contributed by atoms with Crippen molar-refractivity contribution in [2.24, 2.45) is 5.41 Å². The Balaban J connectivity index is 1.79. The second-order valence-electron chi connectivity index (χ2n) is 6.89. The van der Waals surface area contributed by atoms with Gasteiger partial charge in [0, 0.05) is 31.6 Å². The molecule has 0 atom stereocenters. The monoisotopic (exact) mass is 334 g/mol. The maximum absolute atomic E-state index is 12.2. The van der Waals surface area contributed by atoms with Crippen LogP contribution >= 0.6 is 0 Å². The van der Waals surface area contributed by atoms with Crippen molar-refractivity contribution in [1.82, 2.24) is 9.80 Å². The van der Waals surface area contributed by atoms with Gasteiger partial charge < -0.3 is 19.3 Å². The first-order valence-electron chi connectivity index (χ1n) is 8.15. The Morgan fingerprint density at radius 2 is 1.46 bits per heavy atom. The Labute approximate surface area is 143 Å². The fraction of sp³-hybridized carbons (Fsp3) is 0.556. The molecule has 2 amide bonds. The van der Waals surface area contributed by atoms with E-state index in [1.807, 2.05) is 25.7 Å². The molecule has 132 valence electrons.